The minimum absolute atomic E-state index is 0.0866. The van der Waals surface area contributed by atoms with Gasteiger partial charge in [0.15, 0.2) is 0 Å². The Balaban J connectivity index is 2.22. The number of carbonyl (C=O) groups excluding carboxylic acids is 1. The van der Waals surface area contributed by atoms with Crippen LogP contribution in [-0.2, 0) is 11.2 Å². The van der Waals surface area contributed by atoms with Crippen LogP contribution in [-0.4, -0.2) is 10.2 Å². The maximum atomic E-state index is 11.4. The van der Waals surface area contributed by atoms with Crippen molar-refractivity contribution in [3.8, 4) is 0 Å². The number of hydrogen-bond donors (Lipinski definition) is 1. The molecule has 0 radical (unpaired) electrons. The van der Waals surface area contributed by atoms with Gasteiger partial charge in [-0.15, -0.1) is 11.3 Å². The molecule has 0 spiro atoms. The summed E-state index contributed by atoms with van der Waals surface area (Å²) in [5, 5.41) is 2.60. The molecule has 2 rings (SSSR count). The number of aryl methyl sites for hydroxylation is 1. The van der Waals surface area contributed by atoms with Gasteiger partial charge in [-0.2, -0.15) is 0 Å². The van der Waals surface area contributed by atoms with E-state index in [1.807, 2.05) is 12.1 Å². The summed E-state index contributed by atoms with van der Waals surface area (Å²) in [5.41, 5.74) is 0. The van der Waals surface area contributed by atoms with Gasteiger partial charge in [-0.25, -0.2) is 0 Å². The summed E-state index contributed by atoms with van der Waals surface area (Å²) in [4.78, 5) is 14.5. The van der Waals surface area contributed by atoms with E-state index in [0.29, 0.717) is 9.23 Å². The molecule has 2 heterocycles. The zero-order chi connectivity index (χ0) is 10.8. The molecule has 15 heavy (non-hydrogen) atoms. The zero-order valence-corrected chi connectivity index (χ0v) is 10.5. The van der Waals surface area contributed by atoms with E-state index < -0.39 is 0 Å². The third-order valence-electron chi connectivity index (χ3n) is 1.95. The Labute approximate surface area is 102 Å². The van der Waals surface area contributed by atoms with Crippen LogP contribution in [0, 0.1) is 0 Å². The number of thiophene rings is 1. The van der Waals surface area contributed by atoms with E-state index in [1.54, 1.807) is 11.3 Å². The summed E-state index contributed by atoms with van der Waals surface area (Å²) >= 11 is 7.94. The van der Waals surface area contributed by atoms with E-state index in [9.17, 15) is 4.79 Å². The molecule has 1 fully saturated rings. The third kappa shape index (κ3) is 2.48. The maximum absolute atomic E-state index is 11.4. The molecular formula is C10H9NOS3. The molecule has 1 saturated heterocycles. The highest BCUT2D eigenvalue weighted by molar-refractivity contribution is 8.26. The van der Waals surface area contributed by atoms with Gasteiger partial charge in [0.2, 0.25) is 0 Å². The van der Waals surface area contributed by atoms with Gasteiger partial charge in [0.25, 0.3) is 5.91 Å². The van der Waals surface area contributed by atoms with E-state index >= 15 is 0 Å². The van der Waals surface area contributed by atoms with Gasteiger partial charge < -0.3 is 5.32 Å². The summed E-state index contributed by atoms with van der Waals surface area (Å²) in [6, 6.07) is 4.12. The summed E-state index contributed by atoms with van der Waals surface area (Å²) in [7, 11) is 0. The molecule has 0 saturated carbocycles. The Kier molecular flexibility index (Phi) is 3.23. The van der Waals surface area contributed by atoms with Crippen molar-refractivity contribution in [2.45, 2.75) is 13.3 Å². The van der Waals surface area contributed by atoms with Crippen LogP contribution in [0.25, 0.3) is 6.08 Å². The average molecular weight is 255 g/mol. The number of thiocarbonyl (C=S) groups is 1. The molecule has 0 atom stereocenters. The van der Waals surface area contributed by atoms with Crippen LogP contribution in [0.1, 0.15) is 16.7 Å². The normalized spacial score (nSPS) is 18.6. The van der Waals surface area contributed by atoms with Crippen molar-refractivity contribution in [2.75, 3.05) is 0 Å². The molecule has 0 aliphatic carbocycles. The molecule has 78 valence electrons. The van der Waals surface area contributed by atoms with Gasteiger partial charge in [-0.1, -0.05) is 30.9 Å². The highest BCUT2D eigenvalue weighted by Crippen LogP contribution is 2.28. The number of nitrogens with one attached hydrogen (secondary N) is 1. The van der Waals surface area contributed by atoms with Crippen molar-refractivity contribution >= 4 is 51.6 Å². The van der Waals surface area contributed by atoms with E-state index in [2.05, 4.69) is 18.3 Å². The van der Waals surface area contributed by atoms with Gasteiger partial charge in [0, 0.05) is 9.75 Å². The standard InChI is InChI=1S/C10H9NOS3/c1-2-6-3-4-7(14-6)5-8-9(12)11-10(13)15-8/h3-5H,2H2,1H3,(H,11,12,13)/b8-5+. The van der Waals surface area contributed by atoms with Crippen molar-refractivity contribution in [3.63, 3.8) is 0 Å². The Bertz CT molecular complexity index is 447. The molecule has 1 aromatic heterocycles. The summed E-state index contributed by atoms with van der Waals surface area (Å²) in [6.45, 7) is 2.12. The Morgan fingerprint density at radius 3 is 2.87 bits per heavy atom. The first-order valence-corrected chi connectivity index (χ1v) is 6.56. The lowest BCUT2D eigenvalue weighted by Gasteiger charge is -1.89. The fourth-order valence-corrected chi connectivity index (χ4v) is 3.22. The quantitative estimate of drug-likeness (QED) is 0.651. The lowest BCUT2D eigenvalue weighted by Crippen LogP contribution is -2.17. The number of rotatable bonds is 2. The lowest BCUT2D eigenvalue weighted by atomic mass is 10.3. The van der Waals surface area contributed by atoms with Crippen LogP contribution in [0.2, 0.25) is 0 Å². The summed E-state index contributed by atoms with van der Waals surface area (Å²) in [5.74, 6) is -0.0866. The Hall–Kier alpha value is -0.650. The highest BCUT2D eigenvalue weighted by atomic mass is 32.2. The number of carbonyl (C=O) groups is 1. The molecule has 0 bridgehead atoms. The van der Waals surface area contributed by atoms with E-state index in [-0.39, 0.29) is 5.91 Å². The summed E-state index contributed by atoms with van der Waals surface area (Å²) < 4.78 is 0.540. The zero-order valence-electron chi connectivity index (χ0n) is 8.07. The second kappa shape index (κ2) is 4.47. The first-order valence-electron chi connectivity index (χ1n) is 4.52. The fraction of sp³-hybridized carbons (Fsp3) is 0.200. The van der Waals surface area contributed by atoms with Gasteiger partial charge in [-0.3, -0.25) is 4.79 Å². The number of hydrogen-bond acceptors (Lipinski definition) is 4. The molecular weight excluding hydrogens is 246 g/mol. The van der Waals surface area contributed by atoms with E-state index in [1.165, 1.54) is 16.6 Å². The Morgan fingerprint density at radius 2 is 2.33 bits per heavy atom. The molecule has 2 nitrogen and oxygen atoms in total. The van der Waals surface area contributed by atoms with Crippen molar-refractivity contribution in [3.05, 3.63) is 26.8 Å². The predicted octanol–water partition coefficient (Wildman–Crippen LogP) is 2.80. The smallest absolute Gasteiger partial charge is 0.263 e. The average Bonchev–Trinajstić information content (AvgIpc) is 2.75. The van der Waals surface area contributed by atoms with E-state index in [4.69, 9.17) is 12.2 Å². The Morgan fingerprint density at radius 1 is 1.53 bits per heavy atom. The molecule has 1 N–H and O–H groups in total. The van der Waals surface area contributed by atoms with Gasteiger partial charge >= 0.3 is 0 Å². The molecule has 0 unspecified atom stereocenters. The van der Waals surface area contributed by atoms with Crippen LogP contribution in [0.4, 0.5) is 0 Å². The molecule has 5 heteroatoms. The number of thioether (sulfide) groups is 1. The molecule has 1 aromatic rings. The van der Waals surface area contributed by atoms with Crippen LogP contribution in [0.3, 0.4) is 0 Å². The first kappa shape index (κ1) is 10.9. The van der Waals surface area contributed by atoms with Gasteiger partial charge in [-0.05, 0) is 24.6 Å². The third-order valence-corrected chi connectivity index (χ3v) is 4.29. The van der Waals surface area contributed by atoms with Crippen molar-refractivity contribution < 1.29 is 4.79 Å². The molecule has 1 aliphatic heterocycles. The first-order chi connectivity index (χ1) is 7.19. The molecule has 1 aliphatic rings. The van der Waals surface area contributed by atoms with Crippen molar-refractivity contribution in [1.82, 2.24) is 5.32 Å². The summed E-state index contributed by atoms with van der Waals surface area (Å²) in [6.07, 6.45) is 2.93. The van der Waals surface area contributed by atoms with Crippen LogP contribution in [0.5, 0.6) is 0 Å². The predicted molar refractivity (Wildman–Crippen MR) is 70.0 cm³/mol. The van der Waals surface area contributed by atoms with E-state index in [0.717, 1.165) is 11.3 Å². The minimum atomic E-state index is -0.0866. The van der Waals surface area contributed by atoms with Gasteiger partial charge in [0.1, 0.15) is 4.32 Å². The van der Waals surface area contributed by atoms with Crippen LogP contribution >= 0.6 is 35.3 Å². The van der Waals surface area contributed by atoms with Crippen molar-refractivity contribution in [1.29, 1.82) is 0 Å². The fourth-order valence-electron chi connectivity index (χ4n) is 1.21. The highest BCUT2D eigenvalue weighted by Gasteiger charge is 2.21. The topological polar surface area (TPSA) is 29.1 Å². The molecule has 1 amide bonds. The SMILES string of the molecule is CCc1ccc(/C=C2/SC(=S)NC2=O)s1. The lowest BCUT2D eigenvalue weighted by molar-refractivity contribution is -0.115. The van der Waals surface area contributed by atoms with Crippen LogP contribution in [0.15, 0.2) is 17.0 Å². The molecule has 0 aromatic carbocycles. The van der Waals surface area contributed by atoms with Crippen LogP contribution < -0.4 is 5.32 Å². The largest absolute Gasteiger partial charge is 0.307 e. The number of amides is 1. The minimum Gasteiger partial charge on any atom is -0.307 e. The monoisotopic (exact) mass is 255 g/mol. The maximum Gasteiger partial charge on any atom is 0.263 e. The second-order valence-electron chi connectivity index (χ2n) is 3.01. The van der Waals surface area contributed by atoms with Gasteiger partial charge in [0.05, 0.1) is 4.91 Å². The van der Waals surface area contributed by atoms with Crippen molar-refractivity contribution in [2.24, 2.45) is 0 Å². The second-order valence-corrected chi connectivity index (χ2v) is 5.93.